The molecule has 0 unspecified atom stereocenters. The van der Waals surface area contributed by atoms with Gasteiger partial charge in [-0.1, -0.05) is 53.0 Å². The maximum Gasteiger partial charge on any atom is 0.221 e. The van der Waals surface area contributed by atoms with Crippen molar-refractivity contribution in [2.75, 3.05) is 18.4 Å². The number of para-hydroxylation sites is 1. The molecule has 0 heterocycles. The van der Waals surface area contributed by atoms with Crippen LogP contribution in [0.1, 0.15) is 12.0 Å². The number of hydrogen-bond donors (Lipinski definition) is 2. The SMILES string of the molecule is O=C(CCNc1c(Cl)cccc1Cl)NCCc1cccc(Cl)c1. The third-order valence-electron chi connectivity index (χ3n) is 3.24. The van der Waals surface area contributed by atoms with Gasteiger partial charge in [0.1, 0.15) is 0 Å². The van der Waals surface area contributed by atoms with Crippen LogP contribution in [0, 0.1) is 0 Å². The van der Waals surface area contributed by atoms with E-state index in [9.17, 15) is 4.79 Å². The molecule has 0 aliphatic heterocycles. The van der Waals surface area contributed by atoms with Gasteiger partial charge in [-0.2, -0.15) is 0 Å². The molecule has 0 spiro atoms. The second-order valence-electron chi connectivity index (χ2n) is 5.00. The molecule has 0 fully saturated rings. The molecule has 0 radical (unpaired) electrons. The summed E-state index contributed by atoms with van der Waals surface area (Å²) in [5, 5.41) is 7.75. The van der Waals surface area contributed by atoms with Gasteiger partial charge in [-0.25, -0.2) is 0 Å². The molecule has 0 aliphatic carbocycles. The Labute approximate surface area is 150 Å². The van der Waals surface area contributed by atoms with Gasteiger partial charge in [0, 0.05) is 24.5 Å². The van der Waals surface area contributed by atoms with Crippen molar-refractivity contribution in [3.8, 4) is 0 Å². The maximum absolute atomic E-state index is 11.8. The molecule has 122 valence electrons. The Morgan fingerprint density at radius 3 is 2.35 bits per heavy atom. The molecule has 0 bridgehead atoms. The minimum Gasteiger partial charge on any atom is -0.382 e. The van der Waals surface area contributed by atoms with Gasteiger partial charge in [-0.15, -0.1) is 0 Å². The van der Waals surface area contributed by atoms with Crippen LogP contribution in [0.2, 0.25) is 15.1 Å². The first kappa shape index (κ1) is 17.9. The number of benzene rings is 2. The number of carbonyl (C=O) groups is 1. The van der Waals surface area contributed by atoms with Crippen LogP contribution in [0.4, 0.5) is 5.69 Å². The van der Waals surface area contributed by atoms with Gasteiger partial charge >= 0.3 is 0 Å². The van der Waals surface area contributed by atoms with E-state index in [1.165, 1.54) is 0 Å². The third kappa shape index (κ3) is 5.94. The predicted octanol–water partition coefficient (Wildman–Crippen LogP) is 4.81. The van der Waals surface area contributed by atoms with Crippen LogP contribution < -0.4 is 10.6 Å². The van der Waals surface area contributed by atoms with Gasteiger partial charge in [0.15, 0.2) is 0 Å². The molecule has 1 amide bonds. The summed E-state index contributed by atoms with van der Waals surface area (Å²) in [6.07, 6.45) is 1.09. The van der Waals surface area contributed by atoms with E-state index in [0.29, 0.717) is 40.3 Å². The van der Waals surface area contributed by atoms with E-state index in [1.54, 1.807) is 18.2 Å². The number of carbonyl (C=O) groups excluding carboxylic acids is 1. The molecule has 0 atom stereocenters. The first-order valence-electron chi connectivity index (χ1n) is 7.25. The van der Waals surface area contributed by atoms with Gasteiger partial charge in [0.05, 0.1) is 15.7 Å². The second-order valence-corrected chi connectivity index (χ2v) is 6.25. The largest absolute Gasteiger partial charge is 0.382 e. The normalized spacial score (nSPS) is 10.4. The molecule has 2 aromatic carbocycles. The lowest BCUT2D eigenvalue weighted by Crippen LogP contribution is -2.27. The van der Waals surface area contributed by atoms with Crippen molar-refractivity contribution in [2.24, 2.45) is 0 Å². The standard InChI is InChI=1S/C17H17Cl3N2O/c18-13-4-1-3-12(11-13)7-9-21-16(23)8-10-22-17-14(19)5-2-6-15(17)20/h1-6,11,22H,7-10H2,(H,21,23). The van der Waals surface area contributed by atoms with E-state index < -0.39 is 0 Å². The summed E-state index contributed by atoms with van der Waals surface area (Å²) in [6, 6.07) is 12.9. The first-order chi connectivity index (χ1) is 11.1. The Bertz CT molecular complexity index is 656. The van der Waals surface area contributed by atoms with E-state index in [0.717, 1.165) is 12.0 Å². The zero-order chi connectivity index (χ0) is 16.7. The Morgan fingerprint density at radius 2 is 1.65 bits per heavy atom. The van der Waals surface area contributed by atoms with Gasteiger partial charge in [-0.3, -0.25) is 4.79 Å². The molecule has 3 nitrogen and oxygen atoms in total. The van der Waals surface area contributed by atoms with Crippen molar-refractivity contribution >= 4 is 46.4 Å². The van der Waals surface area contributed by atoms with Crippen molar-refractivity contribution in [2.45, 2.75) is 12.8 Å². The molecule has 0 saturated heterocycles. The lowest BCUT2D eigenvalue weighted by atomic mass is 10.1. The molecule has 0 aromatic heterocycles. The number of hydrogen-bond acceptors (Lipinski definition) is 2. The lowest BCUT2D eigenvalue weighted by Gasteiger charge is -2.10. The number of anilines is 1. The summed E-state index contributed by atoms with van der Waals surface area (Å²) in [6.45, 7) is 1.04. The second kappa shape index (κ2) is 9.02. The van der Waals surface area contributed by atoms with Crippen LogP contribution >= 0.6 is 34.8 Å². The highest BCUT2D eigenvalue weighted by Crippen LogP contribution is 2.29. The van der Waals surface area contributed by atoms with Crippen LogP contribution in [0.25, 0.3) is 0 Å². The fourth-order valence-corrected chi connectivity index (χ4v) is 2.84. The quantitative estimate of drug-likeness (QED) is 0.733. The van der Waals surface area contributed by atoms with Gasteiger partial charge in [-0.05, 0) is 36.2 Å². The average molecular weight is 372 g/mol. The monoisotopic (exact) mass is 370 g/mol. The van der Waals surface area contributed by atoms with Crippen molar-refractivity contribution < 1.29 is 4.79 Å². The molecular weight excluding hydrogens is 355 g/mol. The van der Waals surface area contributed by atoms with Crippen molar-refractivity contribution in [3.63, 3.8) is 0 Å². The van der Waals surface area contributed by atoms with Gasteiger partial charge in [0.2, 0.25) is 5.91 Å². The molecule has 2 N–H and O–H groups in total. The molecule has 23 heavy (non-hydrogen) atoms. The number of halogens is 3. The Balaban J connectivity index is 1.69. The van der Waals surface area contributed by atoms with Crippen LogP contribution in [-0.2, 0) is 11.2 Å². The van der Waals surface area contributed by atoms with Gasteiger partial charge < -0.3 is 10.6 Å². The number of amides is 1. The topological polar surface area (TPSA) is 41.1 Å². The minimum absolute atomic E-state index is 0.0253. The summed E-state index contributed by atoms with van der Waals surface area (Å²) in [5.41, 5.74) is 1.75. The Kier molecular flexibility index (Phi) is 7.03. The molecule has 2 rings (SSSR count). The molecule has 0 aliphatic rings. The Hall–Kier alpha value is -1.42. The minimum atomic E-state index is -0.0253. The fraction of sp³-hybridized carbons (Fsp3) is 0.235. The first-order valence-corrected chi connectivity index (χ1v) is 8.38. The zero-order valence-corrected chi connectivity index (χ0v) is 14.7. The fourth-order valence-electron chi connectivity index (χ4n) is 2.09. The number of rotatable bonds is 7. The summed E-state index contributed by atoms with van der Waals surface area (Å²) >= 11 is 18.0. The smallest absolute Gasteiger partial charge is 0.221 e. The predicted molar refractivity (Wildman–Crippen MR) is 97.7 cm³/mol. The van der Waals surface area contributed by atoms with Gasteiger partial charge in [0.25, 0.3) is 0 Å². The van der Waals surface area contributed by atoms with Crippen LogP contribution in [0.15, 0.2) is 42.5 Å². The Morgan fingerprint density at radius 1 is 0.957 bits per heavy atom. The summed E-state index contributed by atoms with van der Waals surface area (Å²) < 4.78 is 0. The summed E-state index contributed by atoms with van der Waals surface area (Å²) in [7, 11) is 0. The molecular formula is C17H17Cl3N2O. The van der Waals surface area contributed by atoms with E-state index in [2.05, 4.69) is 10.6 Å². The van der Waals surface area contributed by atoms with Crippen molar-refractivity contribution in [1.29, 1.82) is 0 Å². The van der Waals surface area contributed by atoms with E-state index in [1.807, 2.05) is 24.3 Å². The summed E-state index contributed by atoms with van der Waals surface area (Å²) in [4.78, 5) is 11.8. The maximum atomic E-state index is 11.8. The van der Waals surface area contributed by atoms with Crippen LogP contribution in [0.3, 0.4) is 0 Å². The summed E-state index contributed by atoms with van der Waals surface area (Å²) in [5.74, 6) is -0.0253. The van der Waals surface area contributed by atoms with E-state index in [-0.39, 0.29) is 5.91 Å². The highest BCUT2D eigenvalue weighted by Gasteiger charge is 2.06. The van der Waals surface area contributed by atoms with Crippen LogP contribution in [0.5, 0.6) is 0 Å². The van der Waals surface area contributed by atoms with Crippen LogP contribution in [-0.4, -0.2) is 19.0 Å². The van der Waals surface area contributed by atoms with Crippen molar-refractivity contribution in [1.82, 2.24) is 5.32 Å². The van der Waals surface area contributed by atoms with E-state index in [4.69, 9.17) is 34.8 Å². The van der Waals surface area contributed by atoms with Crippen molar-refractivity contribution in [3.05, 3.63) is 63.1 Å². The highest BCUT2D eigenvalue weighted by molar-refractivity contribution is 6.39. The lowest BCUT2D eigenvalue weighted by molar-refractivity contribution is -0.120. The molecule has 6 heteroatoms. The zero-order valence-electron chi connectivity index (χ0n) is 12.4. The molecule has 0 saturated carbocycles. The highest BCUT2D eigenvalue weighted by atomic mass is 35.5. The average Bonchev–Trinajstić information content (AvgIpc) is 2.50. The number of nitrogens with one attached hydrogen (secondary N) is 2. The van der Waals surface area contributed by atoms with E-state index >= 15 is 0 Å². The molecule has 2 aromatic rings. The third-order valence-corrected chi connectivity index (χ3v) is 4.11.